The summed E-state index contributed by atoms with van der Waals surface area (Å²) in [7, 11) is 2.18. The number of nitrogens with zero attached hydrogens (tertiary/aromatic N) is 2. The Morgan fingerprint density at radius 1 is 1.32 bits per heavy atom. The Labute approximate surface area is 167 Å². The first kappa shape index (κ1) is 20.1. The van der Waals surface area contributed by atoms with Gasteiger partial charge in [-0.3, -0.25) is 15.8 Å². The zero-order valence-corrected chi connectivity index (χ0v) is 16.8. The molecule has 156 valence electrons. The minimum absolute atomic E-state index is 0.208. The summed E-state index contributed by atoms with van der Waals surface area (Å²) in [6.45, 7) is 4.28. The van der Waals surface area contributed by atoms with Crippen molar-refractivity contribution in [2.75, 3.05) is 39.9 Å². The number of nitrogens with one attached hydrogen (secondary N) is 2. The number of hydrogen-bond acceptors (Lipinski definition) is 7. The van der Waals surface area contributed by atoms with Gasteiger partial charge in [0.15, 0.2) is 0 Å². The van der Waals surface area contributed by atoms with Gasteiger partial charge in [-0.25, -0.2) is 0 Å². The molecule has 0 aromatic heterocycles. The molecule has 1 aromatic rings. The summed E-state index contributed by atoms with van der Waals surface area (Å²) in [6, 6.07) is 7.62. The van der Waals surface area contributed by atoms with E-state index in [0.29, 0.717) is 25.2 Å². The van der Waals surface area contributed by atoms with E-state index in [9.17, 15) is 5.11 Å². The number of ether oxygens (including phenoxy) is 1. The minimum Gasteiger partial charge on any atom is -0.492 e. The van der Waals surface area contributed by atoms with Crippen molar-refractivity contribution in [3.8, 4) is 5.75 Å². The van der Waals surface area contributed by atoms with Crippen molar-refractivity contribution in [1.82, 2.24) is 20.7 Å². The number of β-amino-alcohol motifs (C(OH)–C–C–N with tert-alkyl or cyclic N) is 1. The van der Waals surface area contributed by atoms with E-state index < -0.39 is 6.10 Å². The molecule has 3 atom stereocenters. The molecule has 0 radical (unpaired) electrons. The number of rotatable bonds is 8. The van der Waals surface area contributed by atoms with E-state index in [1.807, 2.05) is 0 Å². The van der Waals surface area contributed by atoms with Crippen molar-refractivity contribution in [3.05, 3.63) is 29.3 Å². The standard InChI is InChI=1S/C21H34N4O3/c1-24(12-18-9-20(23-22-18)16-3-4-16)10-15-2-5-21-17(8-15)11-25(6-7-28-21)13-19(27)14-26/h2,5,8,16,18-20,22-23,26-27H,3-4,6-7,9-14H2,1H3. The first-order chi connectivity index (χ1) is 13.6. The molecule has 0 spiro atoms. The summed E-state index contributed by atoms with van der Waals surface area (Å²) < 4.78 is 5.88. The van der Waals surface area contributed by atoms with Crippen molar-refractivity contribution in [1.29, 1.82) is 0 Å². The number of hydrazine groups is 1. The van der Waals surface area contributed by atoms with Gasteiger partial charge in [0.25, 0.3) is 0 Å². The molecule has 28 heavy (non-hydrogen) atoms. The molecule has 7 heteroatoms. The largest absolute Gasteiger partial charge is 0.492 e. The molecule has 1 saturated carbocycles. The van der Waals surface area contributed by atoms with Gasteiger partial charge < -0.3 is 19.8 Å². The number of benzene rings is 1. The van der Waals surface area contributed by atoms with Crippen molar-refractivity contribution in [2.45, 2.75) is 50.5 Å². The quantitative estimate of drug-likeness (QED) is 0.509. The number of hydrogen-bond donors (Lipinski definition) is 4. The van der Waals surface area contributed by atoms with E-state index in [0.717, 1.165) is 43.4 Å². The molecule has 0 bridgehead atoms. The smallest absolute Gasteiger partial charge is 0.123 e. The number of aliphatic hydroxyl groups is 2. The van der Waals surface area contributed by atoms with E-state index in [1.54, 1.807) is 0 Å². The third kappa shape index (κ3) is 5.23. The number of aliphatic hydroxyl groups excluding tert-OH is 2. The van der Waals surface area contributed by atoms with Crippen molar-refractivity contribution in [2.24, 2.45) is 5.92 Å². The van der Waals surface area contributed by atoms with E-state index >= 15 is 0 Å². The van der Waals surface area contributed by atoms with Gasteiger partial charge >= 0.3 is 0 Å². The van der Waals surface area contributed by atoms with Gasteiger partial charge in [-0.1, -0.05) is 6.07 Å². The molecule has 2 fully saturated rings. The van der Waals surface area contributed by atoms with Gasteiger partial charge in [-0.15, -0.1) is 0 Å². The monoisotopic (exact) mass is 390 g/mol. The second kappa shape index (κ2) is 9.07. The average molecular weight is 391 g/mol. The van der Waals surface area contributed by atoms with Crippen LogP contribution in [0.2, 0.25) is 0 Å². The van der Waals surface area contributed by atoms with Gasteiger partial charge in [0.2, 0.25) is 0 Å². The molecular weight excluding hydrogens is 356 g/mol. The van der Waals surface area contributed by atoms with Crippen LogP contribution in [0.15, 0.2) is 18.2 Å². The molecule has 4 rings (SSSR count). The van der Waals surface area contributed by atoms with Crippen LogP contribution in [0.25, 0.3) is 0 Å². The van der Waals surface area contributed by atoms with Crippen molar-refractivity contribution < 1.29 is 14.9 Å². The Balaban J connectivity index is 1.32. The Bertz CT molecular complexity index is 655. The molecule has 2 aliphatic heterocycles. The van der Waals surface area contributed by atoms with Crippen LogP contribution < -0.4 is 15.6 Å². The molecule has 1 aromatic carbocycles. The fraction of sp³-hybridized carbons (Fsp3) is 0.714. The lowest BCUT2D eigenvalue weighted by atomic mass is 10.1. The molecular formula is C21H34N4O3. The van der Waals surface area contributed by atoms with E-state index in [-0.39, 0.29) is 6.61 Å². The van der Waals surface area contributed by atoms with Gasteiger partial charge in [0.1, 0.15) is 12.4 Å². The van der Waals surface area contributed by atoms with Crippen LogP contribution >= 0.6 is 0 Å². The number of likely N-dealkylation sites (N-methyl/N-ethyl adjacent to an activating group) is 1. The minimum atomic E-state index is -0.706. The SMILES string of the molecule is CN(Cc1ccc2c(c1)CN(CC(O)CO)CCO2)CC1CC(C2CC2)NN1. The van der Waals surface area contributed by atoms with E-state index in [1.165, 1.54) is 24.8 Å². The molecule has 0 amide bonds. The van der Waals surface area contributed by atoms with Crippen molar-refractivity contribution in [3.63, 3.8) is 0 Å². The second-order valence-corrected chi connectivity index (χ2v) is 8.72. The van der Waals surface area contributed by atoms with Crippen LogP contribution in [0.4, 0.5) is 0 Å². The Morgan fingerprint density at radius 3 is 2.96 bits per heavy atom. The van der Waals surface area contributed by atoms with Crippen molar-refractivity contribution >= 4 is 0 Å². The van der Waals surface area contributed by atoms with Crippen LogP contribution in [-0.2, 0) is 13.1 Å². The maximum Gasteiger partial charge on any atom is 0.123 e. The zero-order chi connectivity index (χ0) is 19.5. The Morgan fingerprint density at radius 2 is 2.18 bits per heavy atom. The van der Waals surface area contributed by atoms with Gasteiger partial charge in [-0.2, -0.15) is 0 Å². The Hall–Kier alpha value is -1.22. The lowest BCUT2D eigenvalue weighted by molar-refractivity contribution is 0.0552. The van der Waals surface area contributed by atoms with Gasteiger partial charge in [0, 0.05) is 50.4 Å². The first-order valence-corrected chi connectivity index (χ1v) is 10.6. The first-order valence-electron chi connectivity index (χ1n) is 10.6. The molecule has 2 heterocycles. The predicted octanol–water partition coefficient (Wildman–Crippen LogP) is 0.311. The third-order valence-corrected chi connectivity index (χ3v) is 6.05. The highest BCUT2D eigenvalue weighted by atomic mass is 16.5. The van der Waals surface area contributed by atoms with Gasteiger partial charge in [-0.05, 0) is 49.9 Å². The summed E-state index contributed by atoms with van der Waals surface area (Å²) in [6.07, 6.45) is 3.27. The normalized spacial score (nSPS) is 26.7. The lowest BCUT2D eigenvalue weighted by Gasteiger charge is -2.23. The highest BCUT2D eigenvalue weighted by molar-refractivity contribution is 5.38. The fourth-order valence-electron chi connectivity index (χ4n) is 4.44. The molecule has 1 aliphatic carbocycles. The predicted molar refractivity (Wildman–Crippen MR) is 108 cm³/mol. The maximum atomic E-state index is 9.77. The topological polar surface area (TPSA) is 80.2 Å². The summed E-state index contributed by atoms with van der Waals surface area (Å²) in [5, 5.41) is 18.9. The highest BCUT2D eigenvalue weighted by Crippen LogP contribution is 2.35. The van der Waals surface area contributed by atoms with Crippen LogP contribution in [0.3, 0.4) is 0 Å². The maximum absolute atomic E-state index is 9.77. The van der Waals surface area contributed by atoms with Crippen LogP contribution in [-0.4, -0.2) is 78.1 Å². The molecule has 3 aliphatic rings. The fourth-order valence-corrected chi connectivity index (χ4v) is 4.44. The third-order valence-electron chi connectivity index (χ3n) is 6.05. The van der Waals surface area contributed by atoms with E-state index in [4.69, 9.17) is 9.84 Å². The summed E-state index contributed by atoms with van der Waals surface area (Å²) in [5.41, 5.74) is 9.38. The highest BCUT2D eigenvalue weighted by Gasteiger charge is 2.36. The Kier molecular flexibility index (Phi) is 6.50. The average Bonchev–Trinajstić information content (AvgIpc) is 3.45. The summed E-state index contributed by atoms with van der Waals surface area (Å²) in [4.78, 5) is 4.52. The number of fused-ring (bicyclic) bond motifs is 1. The molecule has 7 nitrogen and oxygen atoms in total. The van der Waals surface area contributed by atoms with Crippen LogP contribution in [0.5, 0.6) is 5.75 Å². The van der Waals surface area contributed by atoms with Crippen LogP contribution in [0, 0.1) is 5.92 Å². The second-order valence-electron chi connectivity index (χ2n) is 8.72. The molecule has 1 saturated heterocycles. The van der Waals surface area contributed by atoms with Gasteiger partial charge in [0.05, 0.1) is 12.7 Å². The lowest BCUT2D eigenvalue weighted by Crippen LogP contribution is -2.39. The van der Waals surface area contributed by atoms with Crippen LogP contribution in [0.1, 0.15) is 30.4 Å². The zero-order valence-electron chi connectivity index (χ0n) is 16.8. The van der Waals surface area contributed by atoms with E-state index in [2.05, 4.69) is 45.9 Å². The molecule has 3 unspecified atom stereocenters. The summed E-state index contributed by atoms with van der Waals surface area (Å²) >= 11 is 0. The molecule has 4 N–H and O–H groups in total. The summed E-state index contributed by atoms with van der Waals surface area (Å²) in [5.74, 6) is 1.82.